The molecule has 0 unspecified atom stereocenters. The quantitative estimate of drug-likeness (QED) is 0.168. The summed E-state index contributed by atoms with van der Waals surface area (Å²) in [6.45, 7) is 6.26. The minimum absolute atomic E-state index is 0.583. The molecule has 11 rings (SSSR count). The molecular formula is C51H33N3O. The normalized spacial score (nSPS) is 12.1. The van der Waals surface area contributed by atoms with Crippen LogP contribution in [-0.2, 0) is 0 Å². The first-order chi connectivity index (χ1) is 27.2. The minimum atomic E-state index is 0.583. The second-order valence-corrected chi connectivity index (χ2v) is 14.0. The van der Waals surface area contributed by atoms with E-state index in [1.807, 2.05) is 25.1 Å². The fourth-order valence-electron chi connectivity index (χ4n) is 8.80. The molecule has 0 N–H and O–H groups in total. The van der Waals surface area contributed by atoms with Crippen LogP contribution in [0.3, 0.4) is 0 Å². The van der Waals surface area contributed by atoms with E-state index in [9.17, 15) is 0 Å². The van der Waals surface area contributed by atoms with Crippen LogP contribution in [-0.4, -0.2) is 14.5 Å². The molecule has 0 aliphatic heterocycles. The van der Waals surface area contributed by atoms with Crippen molar-refractivity contribution in [1.29, 1.82) is 0 Å². The van der Waals surface area contributed by atoms with Crippen LogP contribution in [0.4, 0.5) is 0 Å². The number of allylic oxidation sites excluding steroid dienone is 1. The number of para-hydroxylation sites is 2. The lowest BCUT2D eigenvalue weighted by Crippen LogP contribution is -2.03. The van der Waals surface area contributed by atoms with Gasteiger partial charge in [0.15, 0.2) is 5.58 Å². The van der Waals surface area contributed by atoms with Gasteiger partial charge in [0.1, 0.15) is 11.3 Å². The van der Waals surface area contributed by atoms with Crippen molar-refractivity contribution < 1.29 is 4.42 Å². The number of rotatable bonds is 5. The highest BCUT2D eigenvalue weighted by Gasteiger charge is 2.28. The molecule has 0 atom stereocenters. The predicted molar refractivity (Wildman–Crippen MR) is 232 cm³/mol. The van der Waals surface area contributed by atoms with Crippen LogP contribution in [0.5, 0.6) is 0 Å². The maximum absolute atomic E-state index is 7.00. The summed E-state index contributed by atoms with van der Waals surface area (Å²) in [4.78, 5) is 10.9. The van der Waals surface area contributed by atoms with Crippen LogP contribution in [0, 0.1) is 0 Å². The minimum Gasteiger partial charge on any atom is -0.454 e. The molecule has 4 heteroatoms. The summed E-state index contributed by atoms with van der Waals surface area (Å²) in [5.41, 5.74) is 8.79. The zero-order valence-corrected chi connectivity index (χ0v) is 30.1. The van der Waals surface area contributed by atoms with Crippen molar-refractivity contribution in [2.45, 2.75) is 6.92 Å². The van der Waals surface area contributed by atoms with Gasteiger partial charge in [-0.15, -0.1) is 0 Å². The highest BCUT2D eigenvalue weighted by molar-refractivity contribution is 6.43. The van der Waals surface area contributed by atoms with Crippen molar-refractivity contribution in [3.05, 3.63) is 176 Å². The summed E-state index contributed by atoms with van der Waals surface area (Å²) in [6.07, 6.45) is 6.05. The fraction of sp³-hybridized carbons (Fsp3) is 0.0196. The molecule has 3 aromatic heterocycles. The van der Waals surface area contributed by atoms with E-state index in [0.717, 1.165) is 77.4 Å². The van der Waals surface area contributed by atoms with Crippen LogP contribution in [0.2, 0.25) is 0 Å². The van der Waals surface area contributed by atoms with Gasteiger partial charge < -0.3 is 4.42 Å². The van der Waals surface area contributed by atoms with Crippen molar-refractivity contribution in [1.82, 2.24) is 14.5 Å². The molecule has 8 aromatic carbocycles. The number of fused-ring (bicyclic) bond motifs is 14. The zero-order valence-electron chi connectivity index (χ0n) is 30.1. The SMILES string of the molecule is C=Cc1oc2c(c1/C=C\C)c1c3ccccc3c3ccccc3c1c1c3ccccc3n(-c3nc(-c4cccc(-c5ccccc5)c4)c4ccccc4n3)c21. The summed E-state index contributed by atoms with van der Waals surface area (Å²) in [5.74, 6) is 1.31. The Hall–Kier alpha value is -7.30. The van der Waals surface area contributed by atoms with E-state index in [4.69, 9.17) is 14.4 Å². The molecule has 0 amide bonds. The van der Waals surface area contributed by atoms with E-state index in [1.165, 1.54) is 32.3 Å². The smallest absolute Gasteiger partial charge is 0.235 e. The maximum atomic E-state index is 7.00. The Balaban J connectivity index is 1.36. The summed E-state index contributed by atoms with van der Waals surface area (Å²) in [6, 6.07) is 53.6. The van der Waals surface area contributed by atoms with Crippen molar-refractivity contribution in [3.8, 4) is 28.3 Å². The molecule has 55 heavy (non-hydrogen) atoms. The largest absolute Gasteiger partial charge is 0.454 e. The van der Waals surface area contributed by atoms with Gasteiger partial charge in [0.25, 0.3) is 0 Å². The summed E-state index contributed by atoms with van der Waals surface area (Å²) < 4.78 is 9.22. The van der Waals surface area contributed by atoms with E-state index in [-0.39, 0.29) is 0 Å². The standard InChI is InChI=1S/C51H33N3O/c1-3-17-40-43(4-2)55-50-47(40)45-37-25-11-9-23-35(37)34-22-8-10-24-36(34)44(45)46-39-27-13-15-29-42(39)54(49(46)50)51-52-41-28-14-12-26-38(41)48(53-51)33-21-16-20-32(30-33)31-18-6-5-7-19-31/h3-30H,2H2,1H3/b17-3-. The van der Waals surface area contributed by atoms with Gasteiger partial charge in [-0.05, 0) is 63.9 Å². The molecule has 0 saturated heterocycles. The average molecular weight is 704 g/mol. The van der Waals surface area contributed by atoms with Gasteiger partial charge in [-0.3, -0.25) is 4.57 Å². The second-order valence-electron chi connectivity index (χ2n) is 14.0. The molecule has 0 fully saturated rings. The fourth-order valence-corrected chi connectivity index (χ4v) is 8.80. The Kier molecular flexibility index (Phi) is 6.89. The summed E-state index contributed by atoms with van der Waals surface area (Å²) >= 11 is 0. The van der Waals surface area contributed by atoms with Crippen LogP contribution in [0.25, 0.3) is 116 Å². The van der Waals surface area contributed by atoms with E-state index < -0.39 is 0 Å². The van der Waals surface area contributed by atoms with Gasteiger partial charge in [0, 0.05) is 43.4 Å². The highest BCUT2D eigenvalue weighted by Crippen LogP contribution is 2.50. The number of hydrogen-bond donors (Lipinski definition) is 0. The molecular weight excluding hydrogens is 671 g/mol. The molecule has 0 radical (unpaired) electrons. The van der Waals surface area contributed by atoms with E-state index in [1.54, 1.807) is 0 Å². The van der Waals surface area contributed by atoms with E-state index in [0.29, 0.717) is 5.95 Å². The number of nitrogens with zero attached hydrogens (tertiary/aromatic N) is 3. The lowest BCUT2D eigenvalue weighted by atomic mass is 9.89. The van der Waals surface area contributed by atoms with Crippen molar-refractivity contribution >= 4 is 88.1 Å². The Bertz CT molecular complexity index is 3400. The average Bonchev–Trinajstić information content (AvgIpc) is 3.79. The first-order valence-corrected chi connectivity index (χ1v) is 18.7. The van der Waals surface area contributed by atoms with Crippen molar-refractivity contribution in [2.24, 2.45) is 0 Å². The molecule has 258 valence electrons. The van der Waals surface area contributed by atoms with Gasteiger partial charge in [-0.1, -0.05) is 152 Å². The summed E-state index contributed by atoms with van der Waals surface area (Å²) in [7, 11) is 0. The second kappa shape index (κ2) is 12.1. The van der Waals surface area contributed by atoms with E-state index in [2.05, 4.69) is 163 Å². The molecule has 3 heterocycles. The van der Waals surface area contributed by atoms with Gasteiger partial charge in [-0.2, -0.15) is 0 Å². The number of furan rings is 1. The third kappa shape index (κ3) is 4.52. The maximum Gasteiger partial charge on any atom is 0.235 e. The first kappa shape index (κ1) is 31.2. The molecule has 0 aliphatic carbocycles. The lowest BCUT2D eigenvalue weighted by molar-refractivity contribution is 0.605. The van der Waals surface area contributed by atoms with Gasteiger partial charge in [0.2, 0.25) is 5.95 Å². The lowest BCUT2D eigenvalue weighted by Gasteiger charge is -2.15. The topological polar surface area (TPSA) is 43.9 Å². The molecule has 11 aromatic rings. The van der Waals surface area contributed by atoms with Crippen LogP contribution >= 0.6 is 0 Å². The van der Waals surface area contributed by atoms with Gasteiger partial charge in [-0.25, -0.2) is 9.97 Å². The zero-order chi connectivity index (χ0) is 36.6. The van der Waals surface area contributed by atoms with Gasteiger partial charge in [0.05, 0.1) is 16.7 Å². The number of benzene rings is 8. The molecule has 0 aliphatic rings. The van der Waals surface area contributed by atoms with Crippen molar-refractivity contribution in [2.75, 3.05) is 0 Å². The third-order valence-electron chi connectivity index (χ3n) is 11.0. The summed E-state index contributed by atoms with van der Waals surface area (Å²) in [5, 5.41) is 11.4. The number of hydrogen-bond acceptors (Lipinski definition) is 3. The number of aromatic nitrogens is 3. The van der Waals surface area contributed by atoms with E-state index >= 15 is 0 Å². The molecule has 0 bridgehead atoms. The van der Waals surface area contributed by atoms with Gasteiger partial charge >= 0.3 is 0 Å². The Morgan fingerprint density at radius 3 is 1.87 bits per heavy atom. The Morgan fingerprint density at radius 2 is 1.15 bits per heavy atom. The Labute approximate surface area is 316 Å². The Morgan fingerprint density at radius 1 is 0.545 bits per heavy atom. The molecule has 0 saturated carbocycles. The predicted octanol–water partition coefficient (Wildman–Crippen LogP) is 13.9. The third-order valence-corrected chi connectivity index (χ3v) is 11.0. The van der Waals surface area contributed by atoms with Crippen molar-refractivity contribution in [3.63, 3.8) is 0 Å². The monoisotopic (exact) mass is 703 g/mol. The highest BCUT2D eigenvalue weighted by atomic mass is 16.3. The van der Waals surface area contributed by atoms with Crippen LogP contribution in [0.15, 0.2) is 169 Å². The van der Waals surface area contributed by atoms with Crippen LogP contribution < -0.4 is 0 Å². The molecule has 0 spiro atoms. The van der Waals surface area contributed by atoms with Crippen LogP contribution in [0.1, 0.15) is 18.2 Å². The molecule has 4 nitrogen and oxygen atoms in total. The first-order valence-electron chi connectivity index (χ1n) is 18.7.